The molecule has 14 heavy (non-hydrogen) atoms. The van der Waals surface area contributed by atoms with Crippen molar-refractivity contribution in [2.45, 2.75) is 39.0 Å². The van der Waals surface area contributed by atoms with E-state index in [2.05, 4.69) is 15.7 Å². The van der Waals surface area contributed by atoms with E-state index in [0.717, 1.165) is 6.92 Å². The lowest BCUT2D eigenvalue weighted by atomic mass is 10.3. The highest BCUT2D eigenvalue weighted by molar-refractivity contribution is 5.79. The first-order valence-electron chi connectivity index (χ1n) is 4.15. The molecule has 0 heterocycles. The highest BCUT2D eigenvalue weighted by Crippen LogP contribution is 2.21. The van der Waals surface area contributed by atoms with Crippen molar-refractivity contribution in [2.24, 2.45) is 10.8 Å². The molecule has 7 heteroatoms. The van der Waals surface area contributed by atoms with Crippen LogP contribution in [0.5, 0.6) is 0 Å². The Balaban J connectivity index is 4.43. The number of hydrogen-bond donors (Lipinski definition) is 3. The van der Waals surface area contributed by atoms with Crippen LogP contribution in [0.25, 0.3) is 0 Å². The van der Waals surface area contributed by atoms with Crippen molar-refractivity contribution in [2.75, 3.05) is 0 Å². The van der Waals surface area contributed by atoms with Gasteiger partial charge in [0.25, 0.3) is 0 Å². The predicted molar refractivity (Wildman–Crippen MR) is 48.5 cm³/mol. The van der Waals surface area contributed by atoms with Gasteiger partial charge in [-0.05, 0) is 20.8 Å². The zero-order chi connectivity index (χ0) is 11.4. The van der Waals surface area contributed by atoms with Gasteiger partial charge in [0.2, 0.25) is 5.96 Å². The average Bonchev–Trinajstić information content (AvgIpc) is 2.00. The maximum absolute atomic E-state index is 12.1. The van der Waals surface area contributed by atoms with Gasteiger partial charge in [0.05, 0.1) is 0 Å². The molecule has 0 rings (SSSR count). The molecule has 4 nitrogen and oxygen atoms in total. The molecule has 0 saturated heterocycles. The van der Waals surface area contributed by atoms with Crippen molar-refractivity contribution in [1.29, 1.82) is 0 Å². The van der Waals surface area contributed by atoms with Gasteiger partial charge in [0, 0.05) is 6.04 Å². The summed E-state index contributed by atoms with van der Waals surface area (Å²) in [4.78, 5) is 3.35. The summed E-state index contributed by atoms with van der Waals surface area (Å²) in [6, 6.07) is -1.81. The number of aliphatic imine (C=N–C) groups is 1. The zero-order valence-corrected chi connectivity index (χ0v) is 8.31. The molecule has 0 aliphatic rings. The minimum absolute atomic E-state index is 0.0368. The summed E-state index contributed by atoms with van der Waals surface area (Å²) in [5, 5.41) is 2.65. The van der Waals surface area contributed by atoms with Crippen LogP contribution in [-0.2, 0) is 0 Å². The molecule has 0 radical (unpaired) electrons. The Bertz CT molecular complexity index is 200. The highest BCUT2D eigenvalue weighted by Gasteiger charge is 2.36. The molecule has 0 aromatic heterocycles. The van der Waals surface area contributed by atoms with Crippen molar-refractivity contribution in [1.82, 2.24) is 10.7 Å². The van der Waals surface area contributed by atoms with E-state index >= 15 is 0 Å². The number of guanidine groups is 1. The normalized spacial score (nSPS) is 15.6. The maximum atomic E-state index is 12.1. The van der Waals surface area contributed by atoms with E-state index in [1.165, 1.54) is 0 Å². The second-order valence-electron chi connectivity index (χ2n) is 3.14. The van der Waals surface area contributed by atoms with Crippen molar-refractivity contribution < 1.29 is 13.2 Å². The number of nitrogens with zero attached hydrogens (tertiary/aromatic N) is 1. The van der Waals surface area contributed by atoms with E-state index in [1.807, 2.05) is 0 Å². The molecule has 1 atom stereocenters. The van der Waals surface area contributed by atoms with Crippen LogP contribution in [0.3, 0.4) is 0 Å². The maximum Gasteiger partial charge on any atom is 0.410 e. The summed E-state index contributed by atoms with van der Waals surface area (Å²) in [6.45, 7) is 4.50. The number of nitrogens with one attached hydrogen (secondary N) is 2. The first kappa shape index (κ1) is 13.0. The minimum atomic E-state index is -4.35. The van der Waals surface area contributed by atoms with E-state index in [-0.39, 0.29) is 12.0 Å². The Morgan fingerprint density at radius 1 is 1.29 bits per heavy atom. The van der Waals surface area contributed by atoms with Gasteiger partial charge in [0.1, 0.15) is 6.04 Å². The first-order valence-corrected chi connectivity index (χ1v) is 4.15. The van der Waals surface area contributed by atoms with E-state index < -0.39 is 12.2 Å². The summed E-state index contributed by atoms with van der Waals surface area (Å²) in [5.74, 6) is 4.94. The van der Waals surface area contributed by atoms with Gasteiger partial charge in [-0.2, -0.15) is 13.2 Å². The van der Waals surface area contributed by atoms with E-state index in [0.29, 0.717) is 0 Å². The summed E-state index contributed by atoms with van der Waals surface area (Å²) in [6.07, 6.45) is -4.35. The van der Waals surface area contributed by atoms with Crippen LogP contribution in [0.15, 0.2) is 4.99 Å². The molecule has 1 unspecified atom stereocenters. The number of halogens is 3. The summed E-state index contributed by atoms with van der Waals surface area (Å²) < 4.78 is 36.2. The van der Waals surface area contributed by atoms with Gasteiger partial charge < -0.3 is 5.32 Å². The smallest absolute Gasteiger partial charge is 0.353 e. The van der Waals surface area contributed by atoms with Crippen LogP contribution >= 0.6 is 0 Å². The van der Waals surface area contributed by atoms with Crippen LogP contribution in [0.4, 0.5) is 13.2 Å². The fourth-order valence-corrected chi connectivity index (χ4v) is 0.656. The van der Waals surface area contributed by atoms with E-state index in [1.54, 1.807) is 13.8 Å². The molecule has 84 valence electrons. The summed E-state index contributed by atoms with van der Waals surface area (Å²) in [7, 11) is 0. The Hall–Kier alpha value is -0.980. The predicted octanol–water partition coefficient (Wildman–Crippen LogP) is 0.755. The fourth-order valence-electron chi connectivity index (χ4n) is 0.656. The third kappa shape index (κ3) is 4.90. The molecule has 0 amide bonds. The topological polar surface area (TPSA) is 62.4 Å². The molecular weight excluding hydrogens is 197 g/mol. The van der Waals surface area contributed by atoms with Gasteiger partial charge in [-0.1, -0.05) is 0 Å². The van der Waals surface area contributed by atoms with Crippen LogP contribution in [0, 0.1) is 0 Å². The van der Waals surface area contributed by atoms with Crippen LogP contribution in [0.1, 0.15) is 20.8 Å². The van der Waals surface area contributed by atoms with Crippen molar-refractivity contribution in [3.8, 4) is 0 Å². The van der Waals surface area contributed by atoms with Gasteiger partial charge in [-0.25, -0.2) is 10.8 Å². The van der Waals surface area contributed by atoms with Gasteiger partial charge in [0.15, 0.2) is 0 Å². The lowest BCUT2D eigenvalue weighted by Crippen LogP contribution is -2.46. The second kappa shape index (κ2) is 5.04. The van der Waals surface area contributed by atoms with E-state index in [4.69, 9.17) is 5.84 Å². The molecule has 0 aromatic rings. The van der Waals surface area contributed by atoms with Crippen molar-refractivity contribution in [3.05, 3.63) is 0 Å². The highest BCUT2D eigenvalue weighted by atomic mass is 19.4. The SMILES string of the molecule is CC(C)NC(=NC(C)C(F)(F)F)NN. The molecule has 0 fully saturated rings. The van der Waals surface area contributed by atoms with Crippen molar-refractivity contribution in [3.63, 3.8) is 0 Å². The molecular formula is C7H15F3N4. The quantitative estimate of drug-likeness (QED) is 0.274. The molecule has 0 aromatic carbocycles. The second-order valence-corrected chi connectivity index (χ2v) is 3.14. The molecule has 0 aliphatic carbocycles. The molecule has 4 N–H and O–H groups in total. The number of hydrazine groups is 1. The Kier molecular flexibility index (Phi) is 4.69. The molecule has 0 bridgehead atoms. The zero-order valence-electron chi connectivity index (χ0n) is 8.31. The molecule has 0 saturated carbocycles. The number of nitrogens with two attached hydrogens (primary N) is 1. The Morgan fingerprint density at radius 3 is 2.07 bits per heavy atom. The summed E-state index contributed by atoms with van der Waals surface area (Å²) >= 11 is 0. The number of rotatable bonds is 2. The van der Waals surface area contributed by atoms with Gasteiger partial charge in [-0.15, -0.1) is 0 Å². The Labute approximate surface area is 80.7 Å². The minimum Gasteiger partial charge on any atom is -0.353 e. The molecule has 0 aliphatic heterocycles. The van der Waals surface area contributed by atoms with Crippen LogP contribution in [-0.4, -0.2) is 24.2 Å². The average molecular weight is 212 g/mol. The lowest BCUT2D eigenvalue weighted by molar-refractivity contribution is -0.142. The number of hydrogen-bond acceptors (Lipinski definition) is 2. The van der Waals surface area contributed by atoms with Crippen LogP contribution < -0.4 is 16.6 Å². The van der Waals surface area contributed by atoms with Gasteiger partial charge in [-0.3, -0.25) is 5.43 Å². The van der Waals surface area contributed by atoms with Gasteiger partial charge >= 0.3 is 6.18 Å². The largest absolute Gasteiger partial charge is 0.410 e. The Morgan fingerprint density at radius 2 is 1.79 bits per heavy atom. The summed E-state index contributed by atoms with van der Waals surface area (Å²) in [5.41, 5.74) is 2.08. The van der Waals surface area contributed by atoms with Crippen molar-refractivity contribution >= 4 is 5.96 Å². The molecule has 0 spiro atoms. The monoisotopic (exact) mass is 212 g/mol. The number of alkyl halides is 3. The third-order valence-electron chi connectivity index (χ3n) is 1.36. The lowest BCUT2D eigenvalue weighted by Gasteiger charge is -2.16. The standard InChI is InChI=1S/C7H15F3N4/c1-4(2)12-6(14-11)13-5(3)7(8,9)10/h4-5H,11H2,1-3H3,(H2,12,13,14). The van der Waals surface area contributed by atoms with E-state index in [9.17, 15) is 13.2 Å². The van der Waals surface area contributed by atoms with Crippen LogP contribution in [0.2, 0.25) is 0 Å². The third-order valence-corrected chi connectivity index (χ3v) is 1.36. The fraction of sp³-hybridized carbons (Fsp3) is 0.857. The first-order chi connectivity index (χ1) is 6.27.